The second-order valence-electron chi connectivity index (χ2n) is 4.67. The second-order valence-corrected chi connectivity index (χ2v) is 4.67. The highest BCUT2D eigenvalue weighted by Crippen LogP contribution is 2.18. The minimum absolute atomic E-state index is 0.00765. The molecule has 2 N–H and O–H groups in total. The molecular weight excluding hydrogens is 314 g/mol. The van der Waals surface area contributed by atoms with Gasteiger partial charge in [0.05, 0.1) is 4.92 Å². The zero-order valence-electron chi connectivity index (χ0n) is 12.2. The van der Waals surface area contributed by atoms with E-state index < -0.39 is 11.0 Å². The quantitative estimate of drug-likeness (QED) is 0.560. The van der Waals surface area contributed by atoms with Crippen molar-refractivity contribution in [3.8, 4) is 11.5 Å². The predicted octanol–water partition coefficient (Wildman–Crippen LogP) is 3.29. The summed E-state index contributed by atoms with van der Waals surface area (Å²) in [5.41, 5.74) is 1.06. The first-order chi connectivity index (χ1) is 11.6. The summed E-state index contributed by atoms with van der Waals surface area (Å²) in [6.45, 7) is 0. The fraction of sp³-hybridized carbons (Fsp3) is 0. The number of carbonyl (C=O) groups excluding carboxylic acids is 1. The summed E-state index contributed by atoms with van der Waals surface area (Å²) in [5, 5.41) is 19.2. The predicted molar refractivity (Wildman–Crippen MR) is 85.5 cm³/mol. The fourth-order valence-corrected chi connectivity index (χ4v) is 1.90. The zero-order valence-corrected chi connectivity index (χ0v) is 12.2. The van der Waals surface area contributed by atoms with Crippen LogP contribution in [0.5, 0.6) is 0 Å². The minimum Gasteiger partial charge on any atom is -0.332 e. The number of rotatable bonds is 4. The third-order valence-electron chi connectivity index (χ3n) is 3.01. The number of hydrogen-bond donors (Lipinski definition) is 2. The highest BCUT2D eigenvalue weighted by molar-refractivity contribution is 5.98. The molecule has 120 valence electrons. The SMILES string of the molecule is O=C(Nc1ccc([N+](=O)[O-])cc1)Nc1noc(-c2ccccc2)n1. The van der Waals surface area contributed by atoms with Crippen LogP contribution in [0.4, 0.5) is 22.1 Å². The molecule has 0 bridgehead atoms. The van der Waals surface area contributed by atoms with Crippen molar-refractivity contribution < 1.29 is 14.2 Å². The van der Waals surface area contributed by atoms with Gasteiger partial charge in [0.1, 0.15) is 0 Å². The first kappa shape index (κ1) is 15.2. The van der Waals surface area contributed by atoms with Crippen molar-refractivity contribution in [1.82, 2.24) is 10.1 Å². The van der Waals surface area contributed by atoms with E-state index in [-0.39, 0.29) is 17.5 Å². The van der Waals surface area contributed by atoms with Crippen molar-refractivity contribution >= 4 is 23.4 Å². The molecule has 3 rings (SSSR count). The Hall–Kier alpha value is -3.75. The van der Waals surface area contributed by atoms with Gasteiger partial charge in [-0.3, -0.25) is 15.4 Å². The molecule has 9 nitrogen and oxygen atoms in total. The molecule has 1 aromatic heterocycles. The van der Waals surface area contributed by atoms with E-state index in [4.69, 9.17) is 4.52 Å². The minimum atomic E-state index is -0.593. The van der Waals surface area contributed by atoms with Gasteiger partial charge in [-0.05, 0) is 29.4 Å². The van der Waals surface area contributed by atoms with Crippen molar-refractivity contribution in [2.24, 2.45) is 0 Å². The molecule has 0 aliphatic rings. The molecule has 0 saturated carbocycles. The van der Waals surface area contributed by atoms with E-state index in [1.54, 1.807) is 12.1 Å². The van der Waals surface area contributed by atoms with Gasteiger partial charge in [0.2, 0.25) is 0 Å². The number of amides is 2. The molecule has 0 radical (unpaired) electrons. The number of urea groups is 1. The van der Waals surface area contributed by atoms with Gasteiger partial charge in [0, 0.05) is 23.4 Å². The molecule has 3 aromatic rings. The van der Waals surface area contributed by atoms with Gasteiger partial charge < -0.3 is 9.84 Å². The summed E-state index contributed by atoms with van der Waals surface area (Å²) in [6.07, 6.45) is 0. The number of hydrogen-bond acceptors (Lipinski definition) is 6. The second kappa shape index (κ2) is 6.57. The smallest absolute Gasteiger partial charge is 0.326 e. The third kappa shape index (κ3) is 3.53. The van der Waals surface area contributed by atoms with Crippen molar-refractivity contribution in [2.45, 2.75) is 0 Å². The summed E-state index contributed by atoms with van der Waals surface area (Å²) in [6, 6.07) is 13.9. The highest BCUT2D eigenvalue weighted by atomic mass is 16.6. The summed E-state index contributed by atoms with van der Waals surface area (Å²) >= 11 is 0. The number of carbonyl (C=O) groups is 1. The Labute approximate surface area is 135 Å². The Bertz CT molecular complexity index is 861. The molecule has 0 aliphatic carbocycles. The Morgan fingerprint density at radius 2 is 1.75 bits per heavy atom. The fourth-order valence-electron chi connectivity index (χ4n) is 1.90. The zero-order chi connectivity index (χ0) is 16.9. The van der Waals surface area contributed by atoms with E-state index in [2.05, 4.69) is 20.8 Å². The maximum atomic E-state index is 11.9. The van der Waals surface area contributed by atoms with Crippen molar-refractivity contribution in [2.75, 3.05) is 10.6 Å². The first-order valence-corrected chi connectivity index (χ1v) is 6.83. The number of aromatic nitrogens is 2. The molecule has 1 heterocycles. The molecule has 2 aromatic carbocycles. The monoisotopic (exact) mass is 325 g/mol. The molecule has 0 atom stereocenters. The Balaban J connectivity index is 1.63. The third-order valence-corrected chi connectivity index (χ3v) is 3.01. The van der Waals surface area contributed by atoms with E-state index in [9.17, 15) is 14.9 Å². The van der Waals surface area contributed by atoms with Gasteiger partial charge in [-0.15, -0.1) is 0 Å². The molecule has 2 amide bonds. The van der Waals surface area contributed by atoms with Crippen LogP contribution >= 0.6 is 0 Å². The van der Waals surface area contributed by atoms with Crippen LogP contribution in [0.2, 0.25) is 0 Å². The van der Waals surface area contributed by atoms with E-state index >= 15 is 0 Å². The number of benzene rings is 2. The van der Waals surface area contributed by atoms with E-state index in [1.165, 1.54) is 24.3 Å². The lowest BCUT2D eigenvalue weighted by molar-refractivity contribution is -0.384. The van der Waals surface area contributed by atoms with Crippen molar-refractivity contribution in [3.05, 3.63) is 64.7 Å². The number of nitrogens with one attached hydrogen (secondary N) is 2. The van der Waals surface area contributed by atoms with E-state index in [1.807, 2.05) is 18.2 Å². The topological polar surface area (TPSA) is 123 Å². The molecule has 9 heteroatoms. The normalized spacial score (nSPS) is 10.2. The molecule has 24 heavy (non-hydrogen) atoms. The van der Waals surface area contributed by atoms with Gasteiger partial charge in [-0.1, -0.05) is 18.2 Å². The summed E-state index contributed by atoms with van der Waals surface area (Å²) in [4.78, 5) is 26.0. The lowest BCUT2D eigenvalue weighted by atomic mass is 10.2. The molecule has 0 fully saturated rings. The lowest BCUT2D eigenvalue weighted by Crippen LogP contribution is -2.20. The van der Waals surface area contributed by atoms with Gasteiger partial charge in [0.25, 0.3) is 17.5 Å². The number of non-ortho nitro benzene ring substituents is 1. The van der Waals surface area contributed by atoms with Gasteiger partial charge in [-0.25, -0.2) is 4.79 Å². The Morgan fingerprint density at radius 3 is 2.42 bits per heavy atom. The maximum absolute atomic E-state index is 11.9. The van der Waals surface area contributed by atoms with E-state index in [0.717, 1.165) is 5.56 Å². The van der Waals surface area contributed by atoms with Gasteiger partial charge in [0.15, 0.2) is 0 Å². The largest absolute Gasteiger partial charge is 0.332 e. The van der Waals surface area contributed by atoms with Crippen molar-refractivity contribution in [3.63, 3.8) is 0 Å². The van der Waals surface area contributed by atoms with Crippen LogP contribution in [0.15, 0.2) is 59.1 Å². The number of nitrogens with zero attached hydrogens (tertiary/aromatic N) is 3. The van der Waals surface area contributed by atoms with Crippen LogP contribution in [0.1, 0.15) is 0 Å². The standard InChI is InChI=1S/C15H11N5O4/c21-15(16-11-6-8-12(9-7-11)20(22)23)18-14-17-13(24-19-14)10-4-2-1-3-5-10/h1-9H,(H2,16,18,19,21). The molecule has 0 saturated heterocycles. The van der Waals surface area contributed by atoms with Gasteiger partial charge in [-0.2, -0.15) is 4.98 Å². The van der Waals surface area contributed by atoms with Crippen LogP contribution in [-0.2, 0) is 0 Å². The lowest BCUT2D eigenvalue weighted by Gasteiger charge is -2.03. The number of nitro benzene ring substituents is 1. The summed E-state index contributed by atoms with van der Waals surface area (Å²) in [5.74, 6) is 0.287. The summed E-state index contributed by atoms with van der Waals surface area (Å²) in [7, 11) is 0. The van der Waals surface area contributed by atoms with Gasteiger partial charge >= 0.3 is 6.03 Å². The molecular formula is C15H11N5O4. The van der Waals surface area contributed by atoms with Crippen LogP contribution in [-0.4, -0.2) is 21.1 Å². The van der Waals surface area contributed by atoms with E-state index in [0.29, 0.717) is 5.69 Å². The molecule has 0 aliphatic heterocycles. The Kier molecular flexibility index (Phi) is 4.15. The van der Waals surface area contributed by atoms with Crippen LogP contribution in [0.3, 0.4) is 0 Å². The average Bonchev–Trinajstić information content (AvgIpc) is 3.04. The highest BCUT2D eigenvalue weighted by Gasteiger charge is 2.11. The number of nitro groups is 1. The number of anilines is 2. The first-order valence-electron chi connectivity index (χ1n) is 6.83. The molecule has 0 spiro atoms. The van der Waals surface area contributed by atoms with Crippen LogP contribution in [0.25, 0.3) is 11.5 Å². The molecule has 0 unspecified atom stereocenters. The summed E-state index contributed by atoms with van der Waals surface area (Å²) < 4.78 is 5.07. The maximum Gasteiger partial charge on any atom is 0.326 e. The average molecular weight is 325 g/mol. The Morgan fingerprint density at radius 1 is 1.04 bits per heavy atom. The van der Waals surface area contributed by atoms with Crippen LogP contribution in [0, 0.1) is 10.1 Å². The van der Waals surface area contributed by atoms with Crippen molar-refractivity contribution in [1.29, 1.82) is 0 Å². The van der Waals surface area contributed by atoms with Crippen LogP contribution < -0.4 is 10.6 Å².